The summed E-state index contributed by atoms with van der Waals surface area (Å²) in [6, 6.07) is 0. The van der Waals surface area contributed by atoms with Crippen LogP contribution in [-0.2, 0) is 4.74 Å². The normalized spacial score (nSPS) is 25.6. The lowest BCUT2D eigenvalue weighted by molar-refractivity contribution is 0.0147. The molecule has 4 heteroatoms. The molecule has 0 amide bonds. The minimum absolute atomic E-state index is 0.319. The molecule has 2 unspecified atom stereocenters. The second-order valence-electron chi connectivity index (χ2n) is 4.57. The summed E-state index contributed by atoms with van der Waals surface area (Å²) >= 11 is 5.39. The minimum Gasteiger partial charge on any atom is -0.379 e. The summed E-state index contributed by atoms with van der Waals surface area (Å²) < 4.78 is 5.48. The Bertz CT molecular complexity index is 223. The molecule has 0 spiro atoms. The zero-order chi connectivity index (χ0) is 12.0. The van der Waals surface area contributed by atoms with E-state index in [1.165, 1.54) is 12.8 Å². The first kappa shape index (κ1) is 13.7. The van der Waals surface area contributed by atoms with E-state index in [-0.39, 0.29) is 0 Å². The molecule has 1 rings (SSSR count). The molecule has 3 nitrogen and oxygen atoms in total. The van der Waals surface area contributed by atoms with Crippen LogP contribution >= 0.6 is 12.2 Å². The molecular formula is C12H24N2OS. The number of methoxy groups -OCH3 is 1. The average molecular weight is 244 g/mol. The van der Waals surface area contributed by atoms with Gasteiger partial charge in [0.15, 0.2) is 5.11 Å². The zero-order valence-electron chi connectivity index (χ0n) is 10.7. The van der Waals surface area contributed by atoms with Crippen molar-refractivity contribution in [3.05, 3.63) is 0 Å². The monoisotopic (exact) mass is 244 g/mol. The van der Waals surface area contributed by atoms with Crippen molar-refractivity contribution in [2.24, 2.45) is 5.92 Å². The van der Waals surface area contributed by atoms with E-state index >= 15 is 0 Å². The highest BCUT2D eigenvalue weighted by Gasteiger charge is 2.26. The first-order valence-electron chi connectivity index (χ1n) is 6.24. The molecule has 0 aliphatic carbocycles. The molecule has 0 bridgehead atoms. The number of hydrogen-bond acceptors (Lipinski definition) is 2. The standard InChI is InChI=1S/C12H24N2OS/c1-4-5-7-13-12(16)14-8-6-10(2)11(9-14)15-3/h10-11H,4-9H2,1-3H3,(H,13,16). The molecule has 0 radical (unpaired) electrons. The third-order valence-corrected chi connectivity index (χ3v) is 3.69. The van der Waals surface area contributed by atoms with Gasteiger partial charge < -0.3 is 15.0 Å². The van der Waals surface area contributed by atoms with Crippen LogP contribution in [0.2, 0.25) is 0 Å². The molecule has 1 aliphatic rings. The van der Waals surface area contributed by atoms with Crippen molar-refractivity contribution >= 4 is 17.3 Å². The van der Waals surface area contributed by atoms with E-state index in [0.29, 0.717) is 12.0 Å². The summed E-state index contributed by atoms with van der Waals surface area (Å²) in [5.74, 6) is 0.639. The van der Waals surface area contributed by atoms with Crippen molar-refractivity contribution in [3.63, 3.8) is 0 Å². The Morgan fingerprint density at radius 1 is 1.56 bits per heavy atom. The van der Waals surface area contributed by atoms with Crippen molar-refractivity contribution in [3.8, 4) is 0 Å². The van der Waals surface area contributed by atoms with Gasteiger partial charge in [-0.1, -0.05) is 20.3 Å². The van der Waals surface area contributed by atoms with E-state index in [4.69, 9.17) is 17.0 Å². The maximum Gasteiger partial charge on any atom is 0.169 e. The molecule has 1 aliphatic heterocycles. The fraction of sp³-hybridized carbons (Fsp3) is 0.917. The molecule has 0 aromatic rings. The van der Waals surface area contributed by atoms with Crippen LogP contribution in [0.5, 0.6) is 0 Å². The van der Waals surface area contributed by atoms with E-state index in [9.17, 15) is 0 Å². The molecule has 1 N–H and O–H groups in total. The van der Waals surface area contributed by atoms with E-state index < -0.39 is 0 Å². The van der Waals surface area contributed by atoms with E-state index in [2.05, 4.69) is 24.1 Å². The maximum atomic E-state index is 5.48. The number of ether oxygens (including phenoxy) is 1. The first-order chi connectivity index (χ1) is 7.69. The van der Waals surface area contributed by atoms with Crippen molar-refractivity contribution in [1.29, 1.82) is 0 Å². The average Bonchev–Trinajstić information content (AvgIpc) is 2.30. The van der Waals surface area contributed by atoms with Crippen LogP contribution in [0.4, 0.5) is 0 Å². The molecule has 1 fully saturated rings. The summed E-state index contributed by atoms with van der Waals surface area (Å²) in [6.45, 7) is 7.40. The van der Waals surface area contributed by atoms with Crippen LogP contribution in [0.3, 0.4) is 0 Å². The van der Waals surface area contributed by atoms with Gasteiger partial charge in [0.2, 0.25) is 0 Å². The van der Waals surface area contributed by atoms with Crippen LogP contribution in [0.1, 0.15) is 33.1 Å². The van der Waals surface area contributed by atoms with Crippen molar-refractivity contribution < 1.29 is 4.74 Å². The molecule has 16 heavy (non-hydrogen) atoms. The molecule has 94 valence electrons. The van der Waals surface area contributed by atoms with Gasteiger partial charge in [-0.15, -0.1) is 0 Å². The highest BCUT2D eigenvalue weighted by atomic mass is 32.1. The third kappa shape index (κ3) is 3.91. The van der Waals surface area contributed by atoms with Crippen molar-refractivity contribution in [1.82, 2.24) is 10.2 Å². The van der Waals surface area contributed by atoms with Gasteiger partial charge in [-0.3, -0.25) is 0 Å². The second-order valence-corrected chi connectivity index (χ2v) is 4.96. The van der Waals surface area contributed by atoms with Crippen LogP contribution < -0.4 is 5.32 Å². The van der Waals surface area contributed by atoms with Crippen LogP contribution in [-0.4, -0.2) is 42.9 Å². The first-order valence-corrected chi connectivity index (χ1v) is 6.65. The van der Waals surface area contributed by atoms with Crippen LogP contribution in [0, 0.1) is 5.92 Å². The molecular weight excluding hydrogens is 220 g/mol. The van der Waals surface area contributed by atoms with Gasteiger partial charge >= 0.3 is 0 Å². The summed E-state index contributed by atoms with van der Waals surface area (Å²) in [5.41, 5.74) is 0. The highest BCUT2D eigenvalue weighted by molar-refractivity contribution is 7.80. The Kier molecular flexibility index (Phi) is 6.06. The quantitative estimate of drug-likeness (QED) is 0.604. The van der Waals surface area contributed by atoms with Crippen LogP contribution in [0.25, 0.3) is 0 Å². The predicted octanol–water partition coefficient (Wildman–Crippen LogP) is 2.02. The lowest BCUT2D eigenvalue weighted by atomic mass is 9.96. The van der Waals surface area contributed by atoms with Gasteiger partial charge in [0.05, 0.1) is 6.10 Å². The fourth-order valence-electron chi connectivity index (χ4n) is 2.01. The van der Waals surface area contributed by atoms with Crippen molar-refractivity contribution in [2.45, 2.75) is 39.2 Å². The number of likely N-dealkylation sites (tertiary alicyclic amines) is 1. The smallest absolute Gasteiger partial charge is 0.169 e. The van der Waals surface area contributed by atoms with Gasteiger partial charge in [-0.25, -0.2) is 0 Å². The summed E-state index contributed by atoms with van der Waals surface area (Å²) in [6.07, 6.45) is 3.86. The SMILES string of the molecule is CCCCNC(=S)N1CCC(C)C(OC)C1. The predicted molar refractivity (Wildman–Crippen MR) is 71.7 cm³/mol. The second kappa shape index (κ2) is 7.07. The number of thiocarbonyl (C=S) groups is 1. The summed E-state index contributed by atoms with van der Waals surface area (Å²) in [4.78, 5) is 2.24. The lowest BCUT2D eigenvalue weighted by Crippen LogP contribution is -2.50. The van der Waals surface area contributed by atoms with Crippen LogP contribution in [0.15, 0.2) is 0 Å². The maximum absolute atomic E-state index is 5.48. The molecule has 0 aromatic carbocycles. The number of nitrogens with zero attached hydrogens (tertiary/aromatic N) is 1. The topological polar surface area (TPSA) is 24.5 Å². The molecule has 1 heterocycles. The Hall–Kier alpha value is -0.350. The van der Waals surface area contributed by atoms with Gasteiger partial charge in [-0.2, -0.15) is 0 Å². The highest BCUT2D eigenvalue weighted by Crippen LogP contribution is 2.19. The number of hydrogen-bond donors (Lipinski definition) is 1. The Labute approximate surface area is 105 Å². The Morgan fingerprint density at radius 3 is 2.94 bits per heavy atom. The van der Waals surface area contributed by atoms with E-state index in [0.717, 1.165) is 31.2 Å². The number of nitrogens with one attached hydrogen (secondary N) is 1. The number of piperidine rings is 1. The fourth-order valence-corrected chi connectivity index (χ4v) is 2.28. The molecule has 0 aromatic heterocycles. The summed E-state index contributed by atoms with van der Waals surface area (Å²) in [7, 11) is 1.79. The lowest BCUT2D eigenvalue weighted by Gasteiger charge is -2.37. The minimum atomic E-state index is 0.319. The third-order valence-electron chi connectivity index (χ3n) is 3.29. The van der Waals surface area contributed by atoms with Crippen molar-refractivity contribution in [2.75, 3.05) is 26.7 Å². The largest absolute Gasteiger partial charge is 0.379 e. The number of unbranched alkanes of at least 4 members (excludes halogenated alkanes) is 1. The Balaban J connectivity index is 2.33. The molecule has 1 saturated heterocycles. The zero-order valence-corrected chi connectivity index (χ0v) is 11.5. The van der Waals surface area contributed by atoms with E-state index in [1.807, 2.05) is 0 Å². The Morgan fingerprint density at radius 2 is 2.31 bits per heavy atom. The van der Waals surface area contributed by atoms with Gasteiger partial charge in [-0.05, 0) is 31.0 Å². The van der Waals surface area contributed by atoms with E-state index in [1.54, 1.807) is 7.11 Å². The number of rotatable bonds is 4. The summed E-state index contributed by atoms with van der Waals surface area (Å²) in [5, 5.41) is 4.21. The molecule has 2 atom stereocenters. The van der Waals surface area contributed by atoms with Gasteiger partial charge in [0.25, 0.3) is 0 Å². The van der Waals surface area contributed by atoms with Gasteiger partial charge in [0.1, 0.15) is 0 Å². The molecule has 0 saturated carbocycles. The van der Waals surface area contributed by atoms with Gasteiger partial charge in [0, 0.05) is 26.7 Å².